The molecule has 0 bridgehead atoms. The third-order valence-electron chi connectivity index (χ3n) is 4.36. The first kappa shape index (κ1) is 20.6. The number of nitro benzene ring substituents is 1. The van der Waals surface area contributed by atoms with Gasteiger partial charge < -0.3 is 14.8 Å². The number of non-ortho nitro benzene ring substituents is 1. The molecule has 0 radical (unpaired) electrons. The Kier molecular flexibility index (Phi) is 7.05. The number of methoxy groups -OCH3 is 1. The van der Waals surface area contributed by atoms with Gasteiger partial charge in [-0.15, -0.1) is 0 Å². The van der Waals surface area contributed by atoms with E-state index in [1.165, 1.54) is 17.7 Å². The van der Waals surface area contributed by atoms with Gasteiger partial charge in [0.05, 0.1) is 12.0 Å². The van der Waals surface area contributed by atoms with E-state index >= 15 is 0 Å². The summed E-state index contributed by atoms with van der Waals surface area (Å²) >= 11 is 6.43. The van der Waals surface area contributed by atoms with Crippen LogP contribution in [0.3, 0.4) is 0 Å². The van der Waals surface area contributed by atoms with Gasteiger partial charge in [0.2, 0.25) is 0 Å². The van der Waals surface area contributed by atoms with Crippen LogP contribution in [0.2, 0.25) is 5.02 Å². The van der Waals surface area contributed by atoms with Gasteiger partial charge >= 0.3 is 0 Å². The lowest BCUT2D eigenvalue weighted by Crippen LogP contribution is -2.13. The van der Waals surface area contributed by atoms with Gasteiger partial charge in [-0.05, 0) is 34.9 Å². The first-order chi connectivity index (χ1) is 14.1. The van der Waals surface area contributed by atoms with Crippen molar-refractivity contribution in [3.05, 3.63) is 98.6 Å². The molecule has 0 aliphatic carbocycles. The molecular formula is C22H21ClN2O4. The van der Waals surface area contributed by atoms with E-state index in [-0.39, 0.29) is 12.3 Å². The molecule has 0 spiro atoms. The molecule has 1 N–H and O–H groups in total. The van der Waals surface area contributed by atoms with E-state index in [2.05, 4.69) is 17.4 Å². The molecule has 0 aliphatic rings. The largest absolute Gasteiger partial charge is 0.493 e. The minimum Gasteiger partial charge on any atom is -0.493 e. The van der Waals surface area contributed by atoms with Gasteiger partial charge in [0, 0.05) is 36.3 Å². The van der Waals surface area contributed by atoms with Crippen molar-refractivity contribution in [1.29, 1.82) is 0 Å². The van der Waals surface area contributed by atoms with Crippen molar-refractivity contribution in [3.63, 3.8) is 0 Å². The SMILES string of the molecule is COc1cc(CNCc2ccccc2)c(Cl)cc1OCc1ccc([N+](=O)[O-])cc1. The molecule has 0 amide bonds. The van der Waals surface area contributed by atoms with Crippen LogP contribution in [0.5, 0.6) is 11.5 Å². The summed E-state index contributed by atoms with van der Waals surface area (Å²) in [6, 6.07) is 19.9. The number of nitro groups is 1. The maximum Gasteiger partial charge on any atom is 0.269 e. The van der Waals surface area contributed by atoms with E-state index in [0.29, 0.717) is 23.1 Å². The van der Waals surface area contributed by atoms with Gasteiger partial charge in [0.25, 0.3) is 5.69 Å². The highest BCUT2D eigenvalue weighted by atomic mass is 35.5. The van der Waals surface area contributed by atoms with Crippen LogP contribution in [0.4, 0.5) is 5.69 Å². The first-order valence-corrected chi connectivity index (χ1v) is 9.42. The van der Waals surface area contributed by atoms with Crippen LogP contribution in [0, 0.1) is 10.1 Å². The summed E-state index contributed by atoms with van der Waals surface area (Å²) in [6.45, 7) is 1.57. The van der Waals surface area contributed by atoms with Crippen molar-refractivity contribution in [3.8, 4) is 11.5 Å². The Bertz CT molecular complexity index is 963. The van der Waals surface area contributed by atoms with Crippen LogP contribution >= 0.6 is 11.6 Å². The van der Waals surface area contributed by atoms with Crippen molar-refractivity contribution in [2.24, 2.45) is 0 Å². The first-order valence-electron chi connectivity index (χ1n) is 9.04. The molecule has 0 saturated heterocycles. The van der Waals surface area contributed by atoms with E-state index in [1.54, 1.807) is 25.3 Å². The normalized spacial score (nSPS) is 10.6. The number of hydrogen-bond donors (Lipinski definition) is 1. The fourth-order valence-corrected chi connectivity index (χ4v) is 3.02. The number of rotatable bonds is 9. The third kappa shape index (κ3) is 5.70. The summed E-state index contributed by atoms with van der Waals surface area (Å²) in [6.07, 6.45) is 0. The summed E-state index contributed by atoms with van der Waals surface area (Å²) in [5, 5.41) is 14.7. The highest BCUT2D eigenvalue weighted by molar-refractivity contribution is 6.31. The fraction of sp³-hybridized carbons (Fsp3) is 0.182. The molecule has 7 heteroatoms. The van der Waals surface area contributed by atoms with Gasteiger partial charge in [0.15, 0.2) is 11.5 Å². The molecule has 3 aromatic rings. The summed E-state index contributed by atoms with van der Waals surface area (Å²) < 4.78 is 11.3. The van der Waals surface area contributed by atoms with Crippen LogP contribution < -0.4 is 14.8 Å². The van der Waals surface area contributed by atoms with Crippen molar-refractivity contribution >= 4 is 17.3 Å². The Balaban J connectivity index is 1.63. The van der Waals surface area contributed by atoms with Gasteiger partial charge in [0.1, 0.15) is 6.61 Å². The van der Waals surface area contributed by atoms with E-state index < -0.39 is 4.92 Å². The second kappa shape index (κ2) is 9.91. The van der Waals surface area contributed by atoms with Crippen LogP contribution in [0.25, 0.3) is 0 Å². The molecule has 6 nitrogen and oxygen atoms in total. The molecular weight excluding hydrogens is 392 g/mol. The maximum absolute atomic E-state index is 10.7. The van der Waals surface area contributed by atoms with Crippen LogP contribution in [-0.2, 0) is 19.7 Å². The van der Waals surface area contributed by atoms with E-state index in [4.69, 9.17) is 21.1 Å². The standard InChI is InChI=1S/C22H21ClN2O4/c1-28-21-11-18(14-24-13-16-5-3-2-4-6-16)20(23)12-22(21)29-15-17-7-9-19(10-8-17)25(26)27/h2-12,24H,13-15H2,1H3. The minimum absolute atomic E-state index is 0.0433. The van der Waals surface area contributed by atoms with Crippen LogP contribution in [0.15, 0.2) is 66.7 Å². The maximum atomic E-state index is 10.7. The molecule has 3 rings (SSSR count). The van der Waals surface area contributed by atoms with Gasteiger partial charge in [-0.1, -0.05) is 41.9 Å². The lowest BCUT2D eigenvalue weighted by Gasteiger charge is -2.14. The van der Waals surface area contributed by atoms with Crippen molar-refractivity contribution in [1.82, 2.24) is 5.32 Å². The lowest BCUT2D eigenvalue weighted by atomic mass is 10.1. The molecule has 0 unspecified atom stereocenters. The fourth-order valence-electron chi connectivity index (χ4n) is 2.80. The van der Waals surface area contributed by atoms with E-state index in [1.807, 2.05) is 24.3 Å². The smallest absolute Gasteiger partial charge is 0.269 e. The quantitative estimate of drug-likeness (QED) is 0.389. The molecule has 150 valence electrons. The number of benzene rings is 3. The summed E-state index contributed by atoms with van der Waals surface area (Å²) in [7, 11) is 1.57. The van der Waals surface area contributed by atoms with Gasteiger partial charge in [-0.2, -0.15) is 0 Å². The van der Waals surface area contributed by atoms with Crippen molar-refractivity contribution in [2.45, 2.75) is 19.7 Å². The van der Waals surface area contributed by atoms with Crippen molar-refractivity contribution < 1.29 is 14.4 Å². The monoisotopic (exact) mass is 412 g/mol. The highest BCUT2D eigenvalue weighted by Gasteiger charge is 2.12. The Morgan fingerprint density at radius 1 is 0.966 bits per heavy atom. The van der Waals surface area contributed by atoms with Gasteiger partial charge in [-0.25, -0.2) is 0 Å². The zero-order valence-corrected chi connectivity index (χ0v) is 16.7. The topological polar surface area (TPSA) is 73.6 Å². The number of hydrogen-bond acceptors (Lipinski definition) is 5. The lowest BCUT2D eigenvalue weighted by molar-refractivity contribution is -0.384. The Morgan fingerprint density at radius 3 is 2.34 bits per heavy atom. The van der Waals surface area contributed by atoms with Crippen molar-refractivity contribution in [2.75, 3.05) is 7.11 Å². The molecule has 0 atom stereocenters. The predicted octanol–water partition coefficient (Wildman–Crippen LogP) is 5.13. The zero-order chi connectivity index (χ0) is 20.6. The van der Waals surface area contributed by atoms with Crippen LogP contribution in [0.1, 0.15) is 16.7 Å². The average molecular weight is 413 g/mol. The second-order valence-corrected chi connectivity index (χ2v) is 6.80. The summed E-state index contributed by atoms with van der Waals surface area (Å²) in [5.41, 5.74) is 2.95. The summed E-state index contributed by atoms with van der Waals surface area (Å²) in [4.78, 5) is 10.3. The third-order valence-corrected chi connectivity index (χ3v) is 4.71. The number of nitrogens with zero attached hydrogens (tertiary/aromatic N) is 1. The Labute approximate surface area is 174 Å². The Morgan fingerprint density at radius 2 is 1.69 bits per heavy atom. The van der Waals surface area contributed by atoms with E-state index in [9.17, 15) is 10.1 Å². The summed E-state index contributed by atoms with van der Waals surface area (Å²) in [5.74, 6) is 1.09. The molecule has 0 saturated carbocycles. The molecule has 0 aromatic heterocycles. The number of halogens is 1. The minimum atomic E-state index is -0.433. The second-order valence-electron chi connectivity index (χ2n) is 6.40. The van der Waals surface area contributed by atoms with Gasteiger partial charge in [-0.3, -0.25) is 10.1 Å². The van der Waals surface area contributed by atoms with E-state index in [0.717, 1.165) is 17.7 Å². The number of ether oxygens (including phenoxy) is 2. The molecule has 0 fully saturated rings. The Hall–Kier alpha value is -3.09. The zero-order valence-electron chi connectivity index (χ0n) is 15.9. The molecule has 29 heavy (non-hydrogen) atoms. The predicted molar refractivity (Wildman–Crippen MR) is 112 cm³/mol. The van der Waals surface area contributed by atoms with Crippen LogP contribution in [-0.4, -0.2) is 12.0 Å². The highest BCUT2D eigenvalue weighted by Crippen LogP contribution is 2.34. The molecule has 0 heterocycles. The molecule has 0 aliphatic heterocycles. The molecule has 3 aromatic carbocycles. The number of nitrogens with one attached hydrogen (secondary N) is 1. The average Bonchev–Trinajstić information content (AvgIpc) is 2.74.